The lowest BCUT2D eigenvalue weighted by atomic mass is 10.3. The van der Waals surface area contributed by atoms with E-state index in [1.807, 2.05) is 7.05 Å². The fourth-order valence-corrected chi connectivity index (χ4v) is 1.37. The summed E-state index contributed by atoms with van der Waals surface area (Å²) in [7, 11) is 1.92. The Bertz CT molecular complexity index is 226. The van der Waals surface area contributed by atoms with E-state index in [9.17, 15) is 4.79 Å². The van der Waals surface area contributed by atoms with Crippen LogP contribution < -0.4 is 5.32 Å². The summed E-state index contributed by atoms with van der Waals surface area (Å²) in [6.45, 7) is 3.31. The van der Waals surface area contributed by atoms with Crippen LogP contribution in [-0.2, 0) is 4.79 Å². The standard InChI is InChI=1S/C9H14N2O/c1-3-4-9(12)11-6-5-8(7-11)10-2/h8,10H,5-7H2,1-2H3. The van der Waals surface area contributed by atoms with E-state index in [1.165, 1.54) is 0 Å². The first kappa shape index (κ1) is 9.08. The minimum atomic E-state index is -0.0461. The van der Waals surface area contributed by atoms with Crippen molar-refractivity contribution in [3.05, 3.63) is 0 Å². The van der Waals surface area contributed by atoms with Crippen molar-refractivity contribution in [1.82, 2.24) is 10.2 Å². The van der Waals surface area contributed by atoms with Crippen LogP contribution in [-0.4, -0.2) is 37.0 Å². The maximum atomic E-state index is 11.2. The van der Waals surface area contributed by atoms with Crippen molar-refractivity contribution in [2.75, 3.05) is 20.1 Å². The molecule has 0 aromatic carbocycles. The number of nitrogens with one attached hydrogen (secondary N) is 1. The van der Waals surface area contributed by atoms with Gasteiger partial charge in [0.05, 0.1) is 0 Å². The van der Waals surface area contributed by atoms with Gasteiger partial charge in [-0.2, -0.15) is 0 Å². The Labute approximate surface area is 73.1 Å². The van der Waals surface area contributed by atoms with Crippen LogP contribution in [0.5, 0.6) is 0 Å². The molecule has 12 heavy (non-hydrogen) atoms. The van der Waals surface area contributed by atoms with Gasteiger partial charge in [-0.25, -0.2) is 0 Å². The molecule has 1 aliphatic rings. The van der Waals surface area contributed by atoms with Gasteiger partial charge in [0.25, 0.3) is 5.91 Å². The summed E-state index contributed by atoms with van der Waals surface area (Å²) in [6, 6.07) is 0.451. The molecule has 66 valence electrons. The largest absolute Gasteiger partial charge is 0.330 e. The van der Waals surface area contributed by atoms with E-state index >= 15 is 0 Å². The molecule has 0 aromatic rings. The topological polar surface area (TPSA) is 32.3 Å². The molecule has 1 saturated heterocycles. The maximum Gasteiger partial charge on any atom is 0.298 e. The molecule has 0 spiro atoms. The van der Waals surface area contributed by atoms with Gasteiger partial charge in [0.1, 0.15) is 0 Å². The van der Waals surface area contributed by atoms with Crippen LogP contribution in [0.2, 0.25) is 0 Å². The molecule has 0 bridgehead atoms. The average Bonchev–Trinajstić information content (AvgIpc) is 2.52. The maximum absolute atomic E-state index is 11.2. The van der Waals surface area contributed by atoms with Crippen molar-refractivity contribution in [3.63, 3.8) is 0 Å². The molecule has 0 aliphatic carbocycles. The number of hydrogen-bond acceptors (Lipinski definition) is 2. The third kappa shape index (κ3) is 1.99. The van der Waals surface area contributed by atoms with E-state index in [0.29, 0.717) is 6.04 Å². The molecular formula is C9H14N2O. The van der Waals surface area contributed by atoms with Crippen LogP contribution in [0.15, 0.2) is 0 Å². The van der Waals surface area contributed by atoms with Crippen LogP contribution in [0.3, 0.4) is 0 Å². The molecule has 1 aliphatic heterocycles. The highest BCUT2D eigenvalue weighted by Gasteiger charge is 2.23. The van der Waals surface area contributed by atoms with Gasteiger partial charge in [0, 0.05) is 19.1 Å². The van der Waals surface area contributed by atoms with Crippen molar-refractivity contribution < 1.29 is 4.79 Å². The molecule has 1 unspecified atom stereocenters. The first-order valence-corrected chi connectivity index (χ1v) is 4.17. The Morgan fingerprint density at radius 2 is 2.42 bits per heavy atom. The van der Waals surface area contributed by atoms with Crippen LogP contribution in [0.4, 0.5) is 0 Å². The zero-order valence-corrected chi connectivity index (χ0v) is 7.55. The lowest BCUT2D eigenvalue weighted by Crippen LogP contribution is -2.32. The van der Waals surface area contributed by atoms with E-state index < -0.39 is 0 Å². The van der Waals surface area contributed by atoms with E-state index in [0.717, 1.165) is 19.5 Å². The van der Waals surface area contributed by atoms with Crippen molar-refractivity contribution in [2.45, 2.75) is 19.4 Å². The van der Waals surface area contributed by atoms with Crippen molar-refractivity contribution in [2.24, 2.45) is 0 Å². The number of likely N-dealkylation sites (N-methyl/N-ethyl adjacent to an activating group) is 1. The van der Waals surface area contributed by atoms with Crippen molar-refractivity contribution >= 4 is 5.91 Å². The van der Waals surface area contributed by atoms with Gasteiger partial charge >= 0.3 is 0 Å². The molecule has 1 atom stereocenters. The quantitative estimate of drug-likeness (QED) is 0.548. The van der Waals surface area contributed by atoms with Gasteiger partial charge in [0.2, 0.25) is 0 Å². The minimum absolute atomic E-state index is 0.0461. The molecule has 1 heterocycles. The smallest absolute Gasteiger partial charge is 0.298 e. The second-order valence-electron chi connectivity index (χ2n) is 2.90. The van der Waals surface area contributed by atoms with Crippen molar-refractivity contribution in [3.8, 4) is 11.8 Å². The first-order chi connectivity index (χ1) is 5.77. The predicted octanol–water partition coefficient (Wildman–Crippen LogP) is -0.170. The Kier molecular flexibility index (Phi) is 3.12. The molecule has 1 N–H and O–H groups in total. The summed E-state index contributed by atoms with van der Waals surface area (Å²) in [6.07, 6.45) is 1.04. The first-order valence-electron chi connectivity index (χ1n) is 4.17. The SMILES string of the molecule is CC#CC(=O)N1CCC(NC)C1. The highest BCUT2D eigenvalue weighted by atomic mass is 16.2. The second kappa shape index (κ2) is 4.13. The van der Waals surface area contributed by atoms with E-state index in [4.69, 9.17) is 0 Å². The lowest BCUT2D eigenvalue weighted by Gasteiger charge is -2.12. The molecule has 0 saturated carbocycles. The van der Waals surface area contributed by atoms with Gasteiger partial charge in [-0.05, 0) is 26.3 Å². The molecule has 1 fully saturated rings. The molecule has 3 heteroatoms. The van der Waals surface area contributed by atoms with Crippen LogP contribution >= 0.6 is 0 Å². The fourth-order valence-electron chi connectivity index (χ4n) is 1.37. The summed E-state index contributed by atoms with van der Waals surface area (Å²) in [5.74, 6) is 5.11. The number of likely N-dealkylation sites (tertiary alicyclic amines) is 1. The molecule has 1 rings (SSSR count). The average molecular weight is 166 g/mol. The summed E-state index contributed by atoms with van der Waals surface area (Å²) in [5, 5.41) is 3.15. The highest BCUT2D eigenvalue weighted by Crippen LogP contribution is 2.07. The van der Waals surface area contributed by atoms with Gasteiger partial charge < -0.3 is 10.2 Å². The molecule has 0 aromatic heterocycles. The number of amides is 1. The zero-order valence-electron chi connectivity index (χ0n) is 7.55. The minimum Gasteiger partial charge on any atom is -0.330 e. The Hall–Kier alpha value is -1.01. The second-order valence-corrected chi connectivity index (χ2v) is 2.90. The van der Waals surface area contributed by atoms with E-state index in [1.54, 1.807) is 11.8 Å². The molecule has 3 nitrogen and oxygen atoms in total. The van der Waals surface area contributed by atoms with Gasteiger partial charge in [-0.3, -0.25) is 4.79 Å². The third-order valence-electron chi connectivity index (χ3n) is 2.12. The van der Waals surface area contributed by atoms with E-state index in [-0.39, 0.29) is 5.91 Å². The molecular weight excluding hydrogens is 152 g/mol. The highest BCUT2D eigenvalue weighted by molar-refractivity contribution is 5.93. The van der Waals surface area contributed by atoms with Gasteiger partial charge in [0.15, 0.2) is 0 Å². The Morgan fingerprint density at radius 1 is 1.67 bits per heavy atom. The zero-order chi connectivity index (χ0) is 8.97. The summed E-state index contributed by atoms with van der Waals surface area (Å²) < 4.78 is 0. The van der Waals surface area contributed by atoms with Crippen LogP contribution in [0.25, 0.3) is 0 Å². The lowest BCUT2D eigenvalue weighted by molar-refractivity contribution is -0.124. The number of nitrogens with zero attached hydrogens (tertiary/aromatic N) is 1. The molecule has 1 amide bonds. The fraction of sp³-hybridized carbons (Fsp3) is 0.667. The number of rotatable bonds is 1. The van der Waals surface area contributed by atoms with Gasteiger partial charge in [-0.15, -0.1) is 0 Å². The monoisotopic (exact) mass is 166 g/mol. The Morgan fingerprint density at radius 3 is 2.92 bits per heavy atom. The predicted molar refractivity (Wildman–Crippen MR) is 47.5 cm³/mol. The number of hydrogen-bond donors (Lipinski definition) is 1. The number of carbonyl (C=O) groups is 1. The number of carbonyl (C=O) groups excluding carboxylic acids is 1. The van der Waals surface area contributed by atoms with Gasteiger partial charge in [-0.1, -0.05) is 5.92 Å². The summed E-state index contributed by atoms with van der Waals surface area (Å²) >= 11 is 0. The van der Waals surface area contributed by atoms with E-state index in [2.05, 4.69) is 17.2 Å². The molecule has 0 radical (unpaired) electrons. The van der Waals surface area contributed by atoms with Crippen LogP contribution in [0.1, 0.15) is 13.3 Å². The summed E-state index contributed by atoms with van der Waals surface area (Å²) in [5.41, 5.74) is 0. The normalized spacial score (nSPS) is 21.8. The van der Waals surface area contributed by atoms with Crippen molar-refractivity contribution in [1.29, 1.82) is 0 Å². The summed E-state index contributed by atoms with van der Waals surface area (Å²) in [4.78, 5) is 13.0. The third-order valence-corrected chi connectivity index (χ3v) is 2.12. The Balaban J connectivity index is 2.44. The van der Waals surface area contributed by atoms with Crippen LogP contribution in [0, 0.1) is 11.8 Å².